The number of carbonyl (C=O) groups excluding carboxylic acids is 1. The van der Waals surface area contributed by atoms with Gasteiger partial charge in [0, 0.05) is 23.9 Å². The van der Waals surface area contributed by atoms with E-state index in [0.29, 0.717) is 17.0 Å². The first-order valence-corrected chi connectivity index (χ1v) is 6.97. The number of esters is 1. The number of hydrogen-bond donors (Lipinski definition) is 0. The molecule has 0 radical (unpaired) electrons. The van der Waals surface area contributed by atoms with Gasteiger partial charge in [-0.15, -0.1) is 0 Å². The molecule has 0 spiro atoms. The summed E-state index contributed by atoms with van der Waals surface area (Å²) in [6, 6.07) is 14.1. The van der Waals surface area contributed by atoms with Gasteiger partial charge in [-0.25, -0.2) is 4.79 Å². The van der Waals surface area contributed by atoms with Crippen LogP contribution in [-0.4, -0.2) is 22.8 Å². The van der Waals surface area contributed by atoms with Crippen LogP contribution in [0.2, 0.25) is 0 Å². The Bertz CT molecular complexity index is 881. The Balaban J connectivity index is 1.87. The minimum absolute atomic E-state index is 0.208. The molecule has 0 bridgehead atoms. The molecule has 0 amide bonds. The van der Waals surface area contributed by atoms with Crippen LogP contribution in [0.5, 0.6) is 0 Å². The first-order valence-electron chi connectivity index (χ1n) is 6.97. The number of nitrogens with zero attached hydrogens (tertiary/aromatic N) is 2. The lowest BCUT2D eigenvalue weighted by Crippen LogP contribution is -2.21. The number of aromatic nitrogens is 2. The molecule has 0 aliphatic rings. The van der Waals surface area contributed by atoms with E-state index < -0.39 is 5.97 Å². The molecule has 0 atom stereocenters. The highest BCUT2D eigenvalue weighted by atomic mass is 16.5. The van der Waals surface area contributed by atoms with Gasteiger partial charge in [0.05, 0.1) is 19.2 Å². The second-order valence-corrected chi connectivity index (χ2v) is 4.92. The Hall–Kier alpha value is -3.15. The van der Waals surface area contributed by atoms with Gasteiger partial charge in [0.25, 0.3) is 5.56 Å². The van der Waals surface area contributed by atoms with Gasteiger partial charge in [-0.3, -0.25) is 4.79 Å². The lowest BCUT2D eigenvalue weighted by atomic mass is 10.1. The van der Waals surface area contributed by atoms with Gasteiger partial charge < -0.3 is 13.8 Å². The van der Waals surface area contributed by atoms with Crippen LogP contribution >= 0.6 is 0 Å². The molecule has 2 aromatic heterocycles. The van der Waals surface area contributed by atoms with Crippen molar-refractivity contribution in [3.63, 3.8) is 0 Å². The number of carbonyl (C=O) groups is 1. The van der Waals surface area contributed by atoms with Crippen LogP contribution in [-0.2, 0) is 11.3 Å². The van der Waals surface area contributed by atoms with Crippen molar-refractivity contribution in [1.29, 1.82) is 0 Å². The third kappa shape index (κ3) is 3.21. The Labute approximate surface area is 131 Å². The van der Waals surface area contributed by atoms with E-state index in [0.717, 1.165) is 5.56 Å². The Kier molecular flexibility index (Phi) is 4.05. The maximum atomic E-state index is 11.9. The van der Waals surface area contributed by atoms with Crippen molar-refractivity contribution in [1.82, 2.24) is 9.72 Å². The third-order valence-electron chi connectivity index (χ3n) is 3.35. The fourth-order valence-electron chi connectivity index (χ4n) is 2.19. The highest BCUT2D eigenvalue weighted by molar-refractivity contribution is 5.88. The SMILES string of the molecule is COC(=O)c1ccc(=O)n(Cc2cc(-c3ccccc3)on2)c1. The molecular weight excluding hydrogens is 296 g/mol. The average molecular weight is 310 g/mol. The van der Waals surface area contributed by atoms with Crippen molar-refractivity contribution in [3.8, 4) is 11.3 Å². The molecule has 23 heavy (non-hydrogen) atoms. The first kappa shape index (κ1) is 14.8. The van der Waals surface area contributed by atoms with Gasteiger partial charge in [-0.1, -0.05) is 35.5 Å². The highest BCUT2D eigenvalue weighted by Crippen LogP contribution is 2.19. The van der Waals surface area contributed by atoms with Crippen LogP contribution in [0.25, 0.3) is 11.3 Å². The van der Waals surface area contributed by atoms with Gasteiger partial charge >= 0.3 is 5.97 Å². The summed E-state index contributed by atoms with van der Waals surface area (Å²) in [5.41, 5.74) is 1.57. The zero-order valence-electron chi connectivity index (χ0n) is 12.4. The molecule has 0 saturated carbocycles. The smallest absolute Gasteiger partial charge is 0.339 e. The van der Waals surface area contributed by atoms with Crippen molar-refractivity contribution >= 4 is 5.97 Å². The Morgan fingerprint density at radius 2 is 2.00 bits per heavy atom. The predicted molar refractivity (Wildman–Crippen MR) is 83.1 cm³/mol. The molecule has 0 saturated heterocycles. The lowest BCUT2D eigenvalue weighted by molar-refractivity contribution is 0.0599. The minimum atomic E-state index is -0.496. The summed E-state index contributed by atoms with van der Waals surface area (Å²) in [7, 11) is 1.29. The second kappa shape index (κ2) is 6.31. The molecule has 0 fully saturated rings. The maximum Gasteiger partial charge on any atom is 0.339 e. The predicted octanol–water partition coefficient (Wildman–Crippen LogP) is 2.34. The summed E-state index contributed by atoms with van der Waals surface area (Å²) in [5.74, 6) is 0.127. The van der Waals surface area contributed by atoms with Crippen LogP contribution in [0.15, 0.2) is 64.0 Å². The van der Waals surface area contributed by atoms with Crippen molar-refractivity contribution in [2.75, 3.05) is 7.11 Å². The second-order valence-electron chi connectivity index (χ2n) is 4.92. The van der Waals surface area contributed by atoms with Gasteiger partial charge in [-0.2, -0.15) is 0 Å². The van der Waals surface area contributed by atoms with Crippen molar-refractivity contribution in [3.05, 3.63) is 76.3 Å². The van der Waals surface area contributed by atoms with Crippen LogP contribution < -0.4 is 5.56 Å². The summed E-state index contributed by atoms with van der Waals surface area (Å²) in [5, 5.41) is 3.97. The van der Waals surface area contributed by atoms with Crippen LogP contribution in [0, 0.1) is 0 Å². The van der Waals surface area contributed by atoms with Crippen LogP contribution in [0.3, 0.4) is 0 Å². The number of methoxy groups -OCH3 is 1. The molecule has 3 aromatic rings. The first-order chi connectivity index (χ1) is 11.2. The van der Waals surface area contributed by atoms with Crippen molar-refractivity contribution < 1.29 is 14.1 Å². The van der Waals surface area contributed by atoms with Crippen molar-refractivity contribution in [2.24, 2.45) is 0 Å². The normalized spacial score (nSPS) is 10.5. The maximum absolute atomic E-state index is 11.9. The quantitative estimate of drug-likeness (QED) is 0.691. The molecule has 6 nitrogen and oxygen atoms in total. The molecule has 0 unspecified atom stereocenters. The van der Waals surface area contributed by atoms with Crippen LogP contribution in [0.4, 0.5) is 0 Å². The van der Waals surface area contributed by atoms with E-state index in [1.807, 2.05) is 30.3 Å². The van der Waals surface area contributed by atoms with E-state index in [-0.39, 0.29) is 12.1 Å². The summed E-state index contributed by atoms with van der Waals surface area (Å²) < 4.78 is 11.3. The molecular formula is C17H14N2O4. The third-order valence-corrected chi connectivity index (χ3v) is 3.35. The largest absolute Gasteiger partial charge is 0.465 e. The summed E-state index contributed by atoms with van der Waals surface area (Å²) >= 11 is 0. The number of pyridine rings is 1. The van der Waals surface area contributed by atoms with E-state index in [2.05, 4.69) is 9.89 Å². The zero-order chi connectivity index (χ0) is 16.2. The van der Waals surface area contributed by atoms with Crippen LogP contribution in [0.1, 0.15) is 16.1 Å². The molecule has 3 rings (SSSR count). The topological polar surface area (TPSA) is 74.3 Å². The van der Waals surface area contributed by atoms with Crippen molar-refractivity contribution in [2.45, 2.75) is 6.54 Å². The molecule has 0 N–H and O–H groups in total. The summed E-state index contributed by atoms with van der Waals surface area (Å²) in [6.07, 6.45) is 1.45. The Morgan fingerprint density at radius 1 is 1.22 bits per heavy atom. The van der Waals surface area contributed by atoms with E-state index in [1.165, 1.54) is 30.0 Å². The van der Waals surface area contributed by atoms with E-state index in [9.17, 15) is 9.59 Å². The van der Waals surface area contributed by atoms with Gasteiger partial charge in [-0.05, 0) is 6.07 Å². The molecule has 2 heterocycles. The fraction of sp³-hybridized carbons (Fsp3) is 0.118. The fourth-order valence-corrected chi connectivity index (χ4v) is 2.19. The number of benzene rings is 1. The van der Waals surface area contributed by atoms with E-state index >= 15 is 0 Å². The Morgan fingerprint density at radius 3 is 2.74 bits per heavy atom. The molecule has 0 aliphatic carbocycles. The number of hydrogen-bond acceptors (Lipinski definition) is 5. The van der Waals surface area contributed by atoms with Gasteiger partial charge in [0.1, 0.15) is 5.69 Å². The summed E-state index contributed by atoms with van der Waals surface area (Å²) in [4.78, 5) is 23.5. The molecule has 0 aliphatic heterocycles. The summed E-state index contributed by atoms with van der Waals surface area (Å²) in [6.45, 7) is 0.208. The molecule has 6 heteroatoms. The number of rotatable bonds is 4. The monoisotopic (exact) mass is 310 g/mol. The number of ether oxygens (including phenoxy) is 1. The molecule has 1 aromatic carbocycles. The van der Waals surface area contributed by atoms with Gasteiger partial charge in [0.15, 0.2) is 5.76 Å². The van der Waals surface area contributed by atoms with Gasteiger partial charge in [0.2, 0.25) is 0 Å². The minimum Gasteiger partial charge on any atom is -0.465 e. The van der Waals surface area contributed by atoms with E-state index in [1.54, 1.807) is 6.07 Å². The highest BCUT2D eigenvalue weighted by Gasteiger charge is 2.10. The van der Waals surface area contributed by atoms with E-state index in [4.69, 9.17) is 4.52 Å². The zero-order valence-corrected chi connectivity index (χ0v) is 12.4. The lowest BCUT2D eigenvalue weighted by Gasteiger charge is -2.05. The standard InChI is InChI=1S/C17H14N2O4/c1-22-17(21)13-7-8-16(20)19(10-13)11-14-9-15(23-18-14)12-5-3-2-4-6-12/h2-10H,11H2,1H3. The average Bonchev–Trinajstić information content (AvgIpc) is 3.05. The molecule has 116 valence electrons.